The second-order valence-electron chi connectivity index (χ2n) is 33.5. The standard InChI is InChI=1S/C75H141N5O31.C11H10N2O6/c1-53-64(89)67(92)57(47-81)109-70(53)104-43-40-98-37-34-95-30-22-77-61(86)18-26-101-50-75(51-102-27-19-62(87)78-23-31-96-35-38-99-41-44-105-71-54(2)65(90)68(93)58(48-82)110-71,52-103-28-20-63(88)79-24-32-97-36-39-100-42-45-106-72-55(3)66(91)69(94)59(49-83)111-72)46-56(84)16-14-12-10-8-9-11-13-15-17-60(85)80-25-33-108-74(7,73(4,5)6)107-29-21-76;14-7-1-2-8(15)12(7)6-5-11(18)19-13-9(16)3-4-10(13)17/h53-55,57-59,64-72,81-83,89-94H,8-52,76H2,1-7H3,(H,77,86)(H,78,87)(H,79,88)(H,80,85);1-2H,3-6H2. The van der Waals surface area contributed by atoms with Crippen molar-refractivity contribution in [3.8, 4) is 0 Å². The quantitative estimate of drug-likeness (QED) is 0.0171. The van der Waals surface area contributed by atoms with Gasteiger partial charge in [-0.1, -0.05) is 80.1 Å². The molecule has 4 fully saturated rings. The number of carbonyl (C=O) groups excluding carboxylic acids is 10. The second kappa shape index (κ2) is 66.4. The Morgan fingerprint density at radius 3 is 1.08 bits per heavy atom. The number of unbranched alkanes of at least 4 members (excludes halogenated alkanes) is 7. The molecular weight excluding hydrogens is 1720 g/mol. The number of ketones is 1. The number of hydrogen-bond acceptors (Lipinski definition) is 38. The highest BCUT2D eigenvalue weighted by molar-refractivity contribution is 6.13. The summed E-state index contributed by atoms with van der Waals surface area (Å²) in [4.78, 5) is 127. The number of amides is 8. The van der Waals surface area contributed by atoms with Gasteiger partial charge in [-0.3, -0.25) is 48.1 Å². The molecule has 5 rings (SSSR count). The molecule has 16 unspecified atom stereocenters. The van der Waals surface area contributed by atoms with Crippen molar-refractivity contribution >= 4 is 59.0 Å². The lowest BCUT2D eigenvalue weighted by atomic mass is 9.84. The van der Waals surface area contributed by atoms with Crippen molar-refractivity contribution in [2.45, 2.75) is 237 Å². The van der Waals surface area contributed by atoms with E-state index in [4.69, 9.17) is 86.3 Å². The number of nitrogens with zero attached hydrogens (tertiary/aromatic N) is 2. The molecule has 130 heavy (non-hydrogen) atoms. The van der Waals surface area contributed by atoms with Crippen molar-refractivity contribution in [3.63, 3.8) is 0 Å². The van der Waals surface area contributed by atoms with Crippen molar-refractivity contribution in [2.75, 3.05) is 211 Å². The molecule has 5 aliphatic rings. The van der Waals surface area contributed by atoms with Crippen LogP contribution in [0.25, 0.3) is 0 Å². The SMILES string of the molecule is CC1C(OCCOCCOCCNC(=O)CCOCC(COCCC(=O)NCCOCCOCCOC2OC(CO)C(O)C(O)C2C)(COCCC(=O)NCCOCCOCCOC2OC(CO)C(O)C(O)C2C)CC(=O)CCCCCCCCCCC(=O)NCCOC(C)(OCCN)C(C)(C)C)OC(CO)C(O)C1O.O=C(CCN1C(=O)C=CC1=O)ON1C(=O)CCC1=O. The number of ether oxygens (including phenoxy) is 17. The van der Waals surface area contributed by atoms with Crippen LogP contribution in [0.4, 0.5) is 0 Å². The van der Waals surface area contributed by atoms with Gasteiger partial charge in [-0.2, -0.15) is 0 Å². The predicted octanol–water partition coefficient (Wildman–Crippen LogP) is -2.44. The molecule has 15 N–H and O–H groups in total. The van der Waals surface area contributed by atoms with E-state index < -0.39 is 152 Å². The molecule has 0 radical (unpaired) electrons. The number of rotatable bonds is 72. The Kier molecular flexibility index (Phi) is 59.4. The molecule has 5 heterocycles. The molecule has 0 bridgehead atoms. The molecular formula is C86H151N7O37. The van der Waals surface area contributed by atoms with E-state index in [1.54, 1.807) is 20.8 Å². The van der Waals surface area contributed by atoms with Gasteiger partial charge in [0.05, 0.1) is 197 Å². The van der Waals surface area contributed by atoms with Crippen molar-refractivity contribution in [2.24, 2.45) is 34.3 Å². The molecule has 5 aliphatic heterocycles. The van der Waals surface area contributed by atoms with Gasteiger partial charge >= 0.3 is 5.97 Å². The molecule has 752 valence electrons. The number of carbonyl (C=O) groups is 10. The summed E-state index contributed by atoms with van der Waals surface area (Å²) in [7, 11) is 0. The maximum Gasteiger partial charge on any atom is 0.335 e. The monoisotopic (exact) mass is 1870 g/mol. The Balaban J connectivity index is 0.00000163. The lowest BCUT2D eigenvalue weighted by Crippen LogP contribution is -2.55. The largest absolute Gasteiger partial charge is 0.394 e. The molecule has 44 nitrogen and oxygen atoms in total. The zero-order chi connectivity index (χ0) is 95.7. The summed E-state index contributed by atoms with van der Waals surface area (Å²) in [6, 6.07) is 0. The van der Waals surface area contributed by atoms with Crippen LogP contribution in [0.2, 0.25) is 0 Å². The van der Waals surface area contributed by atoms with E-state index in [0.717, 1.165) is 62.0 Å². The number of nitrogens with two attached hydrogens (primary N) is 1. The van der Waals surface area contributed by atoms with Crippen LogP contribution in [-0.4, -0.2) is 406 Å². The van der Waals surface area contributed by atoms with Gasteiger partial charge < -0.3 is 158 Å². The van der Waals surface area contributed by atoms with Crippen molar-refractivity contribution < 1.29 is 179 Å². The van der Waals surface area contributed by atoms with E-state index in [0.29, 0.717) is 44.2 Å². The molecule has 4 saturated heterocycles. The summed E-state index contributed by atoms with van der Waals surface area (Å²) in [6.45, 7) is 15.9. The van der Waals surface area contributed by atoms with Crippen LogP contribution >= 0.6 is 0 Å². The molecule has 8 amide bonds. The summed E-state index contributed by atoms with van der Waals surface area (Å²) >= 11 is 0. The van der Waals surface area contributed by atoms with Gasteiger partial charge in [0, 0.05) is 131 Å². The smallest absolute Gasteiger partial charge is 0.335 e. The zero-order valence-electron chi connectivity index (χ0n) is 76.9. The van der Waals surface area contributed by atoms with E-state index in [2.05, 4.69) is 26.1 Å². The summed E-state index contributed by atoms with van der Waals surface area (Å²) < 4.78 is 97.8. The normalized spacial score (nSPS) is 24.5. The molecule has 0 aromatic carbocycles. The predicted molar refractivity (Wildman–Crippen MR) is 457 cm³/mol. The first kappa shape index (κ1) is 116. The van der Waals surface area contributed by atoms with Gasteiger partial charge in [-0.15, -0.1) is 5.06 Å². The van der Waals surface area contributed by atoms with Crippen LogP contribution in [0.15, 0.2) is 12.2 Å². The van der Waals surface area contributed by atoms with Gasteiger partial charge in [0.2, 0.25) is 23.6 Å². The summed E-state index contributed by atoms with van der Waals surface area (Å²) in [6.07, 6.45) is -3.07. The lowest BCUT2D eigenvalue weighted by molar-refractivity contribution is -0.284. The van der Waals surface area contributed by atoms with Gasteiger partial charge in [0.15, 0.2) is 24.7 Å². The van der Waals surface area contributed by atoms with Crippen LogP contribution in [-0.2, 0) is 133 Å². The highest BCUT2D eigenvalue weighted by atomic mass is 16.7. The van der Waals surface area contributed by atoms with Crippen LogP contribution in [0.1, 0.15) is 158 Å². The molecule has 0 spiro atoms. The van der Waals surface area contributed by atoms with Crippen LogP contribution in [0.5, 0.6) is 0 Å². The zero-order valence-corrected chi connectivity index (χ0v) is 76.9. The topological polar surface area (TPSA) is 600 Å². The number of imide groups is 2. The van der Waals surface area contributed by atoms with Crippen LogP contribution < -0.4 is 27.0 Å². The minimum Gasteiger partial charge on any atom is -0.394 e. The summed E-state index contributed by atoms with van der Waals surface area (Å²) in [5.41, 5.74) is 4.23. The average Bonchev–Trinajstić information content (AvgIpc) is 1.62. The summed E-state index contributed by atoms with van der Waals surface area (Å²) in [5.74, 6) is -6.53. The van der Waals surface area contributed by atoms with Gasteiger partial charge in [0.25, 0.3) is 23.6 Å². The third kappa shape index (κ3) is 45.5. The Labute approximate surface area is 761 Å². The first-order valence-corrected chi connectivity index (χ1v) is 45.3. The van der Waals surface area contributed by atoms with E-state index >= 15 is 0 Å². The fourth-order valence-electron chi connectivity index (χ4n) is 13.6. The number of Topliss-reactive ketones (excluding diaryl/α,β-unsaturated/α-hetero) is 1. The average molecular weight is 1880 g/mol. The lowest BCUT2D eigenvalue weighted by Gasteiger charge is -2.41. The first-order chi connectivity index (χ1) is 62.3. The minimum absolute atomic E-state index is 0.0130. The molecule has 0 aromatic rings. The van der Waals surface area contributed by atoms with Crippen LogP contribution in [0.3, 0.4) is 0 Å². The number of nitrogens with one attached hydrogen (secondary N) is 4. The fourth-order valence-corrected chi connectivity index (χ4v) is 13.6. The Morgan fingerprint density at radius 2 is 0.731 bits per heavy atom. The Hall–Kier alpha value is -6.04. The molecule has 44 heteroatoms. The van der Waals surface area contributed by atoms with Crippen molar-refractivity contribution in [1.29, 1.82) is 0 Å². The number of hydroxylamine groups is 2. The van der Waals surface area contributed by atoms with Crippen molar-refractivity contribution in [1.82, 2.24) is 31.2 Å². The molecule has 16 atom stereocenters. The molecule has 0 saturated carbocycles. The minimum atomic E-state index is -1.23. The molecule has 0 aliphatic carbocycles. The fraction of sp³-hybridized carbons (Fsp3) is 0.860. The van der Waals surface area contributed by atoms with Gasteiger partial charge in [-0.05, 0) is 19.8 Å². The van der Waals surface area contributed by atoms with E-state index in [9.17, 15) is 93.9 Å². The third-order valence-corrected chi connectivity index (χ3v) is 22.0. The maximum absolute atomic E-state index is 14.1. The first-order valence-electron chi connectivity index (χ1n) is 45.3. The van der Waals surface area contributed by atoms with Gasteiger partial charge in [-0.25, -0.2) is 4.79 Å². The number of aliphatic hydroxyl groups is 9. The van der Waals surface area contributed by atoms with E-state index in [1.165, 1.54) is 0 Å². The van der Waals surface area contributed by atoms with E-state index in [-0.39, 0.29) is 251 Å². The van der Waals surface area contributed by atoms with E-state index in [1.807, 2.05) is 27.7 Å². The van der Waals surface area contributed by atoms with Crippen molar-refractivity contribution in [3.05, 3.63) is 12.2 Å². The molecule has 0 aromatic heterocycles. The maximum atomic E-state index is 14.1. The second-order valence-corrected chi connectivity index (χ2v) is 33.5. The number of hydrogen-bond donors (Lipinski definition) is 14. The van der Waals surface area contributed by atoms with Crippen LogP contribution in [0, 0.1) is 28.6 Å². The number of aliphatic hydroxyl groups excluding tert-OH is 9. The Bertz CT molecular complexity index is 3020. The highest BCUT2D eigenvalue weighted by Gasteiger charge is 2.46. The Morgan fingerprint density at radius 1 is 0.408 bits per heavy atom. The third-order valence-electron chi connectivity index (χ3n) is 22.0. The van der Waals surface area contributed by atoms with Gasteiger partial charge in [0.1, 0.15) is 42.4 Å². The summed E-state index contributed by atoms with van der Waals surface area (Å²) in [5, 5.41) is 101. The highest BCUT2D eigenvalue weighted by Crippen LogP contribution is 2.35.